The lowest BCUT2D eigenvalue weighted by Crippen LogP contribution is -2.36. The predicted octanol–water partition coefficient (Wildman–Crippen LogP) is 2.46. The summed E-state index contributed by atoms with van der Waals surface area (Å²) < 4.78 is 0. The standard InChI is InChI=1S/C19H20N4O/c20-10-8-18(24)23-11-9-17-16(12-23)19(22-21-17)15-7-3-5-13-4-1-2-6-14(13)15/h1-7H,8-12,20H2,(H,21,22). The molecule has 0 saturated carbocycles. The first-order valence-electron chi connectivity index (χ1n) is 8.30. The van der Waals surface area contributed by atoms with Crippen molar-refractivity contribution >= 4 is 16.7 Å². The third-order valence-electron chi connectivity index (χ3n) is 4.69. The van der Waals surface area contributed by atoms with Crippen LogP contribution in [-0.4, -0.2) is 34.1 Å². The molecule has 1 aliphatic heterocycles. The molecule has 0 radical (unpaired) electrons. The summed E-state index contributed by atoms with van der Waals surface area (Å²) in [4.78, 5) is 14.1. The summed E-state index contributed by atoms with van der Waals surface area (Å²) in [6, 6.07) is 14.6. The minimum Gasteiger partial charge on any atom is -0.338 e. The summed E-state index contributed by atoms with van der Waals surface area (Å²) in [6.07, 6.45) is 1.21. The molecule has 3 aromatic rings. The quantitative estimate of drug-likeness (QED) is 0.778. The van der Waals surface area contributed by atoms with Crippen molar-refractivity contribution in [3.63, 3.8) is 0 Å². The number of aromatic nitrogens is 2. The zero-order valence-electron chi connectivity index (χ0n) is 13.5. The number of amides is 1. The molecule has 1 aromatic heterocycles. The zero-order valence-corrected chi connectivity index (χ0v) is 13.5. The Labute approximate surface area is 140 Å². The van der Waals surface area contributed by atoms with Crippen LogP contribution in [0.5, 0.6) is 0 Å². The first-order chi connectivity index (χ1) is 11.8. The van der Waals surface area contributed by atoms with E-state index < -0.39 is 0 Å². The van der Waals surface area contributed by atoms with E-state index in [1.165, 1.54) is 10.8 Å². The van der Waals surface area contributed by atoms with Gasteiger partial charge in [-0.1, -0.05) is 42.5 Å². The number of rotatable bonds is 3. The van der Waals surface area contributed by atoms with Crippen molar-refractivity contribution in [1.29, 1.82) is 0 Å². The molecule has 3 N–H and O–H groups in total. The van der Waals surface area contributed by atoms with Crippen molar-refractivity contribution in [2.45, 2.75) is 19.4 Å². The fourth-order valence-corrected chi connectivity index (χ4v) is 3.44. The Kier molecular flexibility index (Phi) is 3.78. The maximum absolute atomic E-state index is 12.2. The van der Waals surface area contributed by atoms with E-state index in [0.29, 0.717) is 19.5 Å². The number of hydrogen-bond acceptors (Lipinski definition) is 3. The normalized spacial score (nSPS) is 14.0. The van der Waals surface area contributed by atoms with Crippen LogP contribution in [0.1, 0.15) is 17.7 Å². The number of nitrogens with two attached hydrogens (primary N) is 1. The van der Waals surface area contributed by atoms with Crippen molar-refractivity contribution in [2.24, 2.45) is 5.73 Å². The molecule has 5 nitrogen and oxygen atoms in total. The molecule has 0 fully saturated rings. The van der Waals surface area contributed by atoms with E-state index in [1.54, 1.807) is 0 Å². The molecule has 0 spiro atoms. The lowest BCUT2D eigenvalue weighted by Gasteiger charge is -2.27. The Morgan fingerprint density at radius 2 is 2.04 bits per heavy atom. The monoisotopic (exact) mass is 320 g/mol. The van der Waals surface area contributed by atoms with Gasteiger partial charge in [-0.3, -0.25) is 9.89 Å². The fourth-order valence-electron chi connectivity index (χ4n) is 3.44. The number of carbonyl (C=O) groups excluding carboxylic acids is 1. The highest BCUT2D eigenvalue weighted by Gasteiger charge is 2.25. The van der Waals surface area contributed by atoms with Crippen molar-refractivity contribution < 1.29 is 4.79 Å². The first-order valence-corrected chi connectivity index (χ1v) is 8.30. The molecule has 0 aliphatic carbocycles. The van der Waals surface area contributed by atoms with Crippen LogP contribution in [0.4, 0.5) is 0 Å². The second-order valence-corrected chi connectivity index (χ2v) is 6.16. The fraction of sp³-hybridized carbons (Fsp3) is 0.263. The number of carbonyl (C=O) groups is 1. The molecule has 0 bridgehead atoms. The molecule has 122 valence electrons. The van der Waals surface area contributed by atoms with Crippen LogP contribution < -0.4 is 5.73 Å². The van der Waals surface area contributed by atoms with Gasteiger partial charge in [-0.15, -0.1) is 0 Å². The first kappa shape index (κ1) is 14.9. The number of aromatic amines is 1. The summed E-state index contributed by atoms with van der Waals surface area (Å²) in [5.74, 6) is 0.119. The topological polar surface area (TPSA) is 75.0 Å². The molecule has 2 aromatic carbocycles. The highest BCUT2D eigenvalue weighted by Crippen LogP contribution is 2.33. The van der Waals surface area contributed by atoms with Crippen LogP contribution >= 0.6 is 0 Å². The van der Waals surface area contributed by atoms with Gasteiger partial charge in [0.2, 0.25) is 5.91 Å². The minimum atomic E-state index is 0.119. The summed E-state index contributed by atoms with van der Waals surface area (Å²) >= 11 is 0. The van der Waals surface area contributed by atoms with Crippen LogP contribution in [0.3, 0.4) is 0 Å². The molecule has 0 atom stereocenters. The molecular formula is C19H20N4O. The minimum absolute atomic E-state index is 0.119. The van der Waals surface area contributed by atoms with Crippen molar-refractivity contribution in [1.82, 2.24) is 15.1 Å². The van der Waals surface area contributed by atoms with E-state index in [0.717, 1.165) is 35.5 Å². The maximum atomic E-state index is 12.2. The Morgan fingerprint density at radius 1 is 1.21 bits per heavy atom. The van der Waals surface area contributed by atoms with Gasteiger partial charge in [-0.2, -0.15) is 5.10 Å². The van der Waals surface area contributed by atoms with E-state index in [4.69, 9.17) is 5.73 Å². The van der Waals surface area contributed by atoms with Gasteiger partial charge in [0, 0.05) is 49.3 Å². The van der Waals surface area contributed by atoms with Crippen molar-refractivity contribution in [2.75, 3.05) is 13.1 Å². The maximum Gasteiger partial charge on any atom is 0.224 e. The second kappa shape index (κ2) is 6.09. The predicted molar refractivity (Wildman–Crippen MR) is 94.3 cm³/mol. The number of benzene rings is 2. The second-order valence-electron chi connectivity index (χ2n) is 6.16. The Bertz CT molecular complexity index is 894. The lowest BCUT2D eigenvalue weighted by atomic mass is 9.96. The van der Waals surface area contributed by atoms with E-state index in [1.807, 2.05) is 17.0 Å². The SMILES string of the molecule is NCCC(=O)N1CCc2[nH]nc(-c3cccc4ccccc34)c2C1. The smallest absolute Gasteiger partial charge is 0.224 e. The number of H-pyrrole nitrogens is 1. The van der Waals surface area contributed by atoms with Gasteiger partial charge >= 0.3 is 0 Å². The van der Waals surface area contributed by atoms with Gasteiger partial charge in [-0.25, -0.2) is 0 Å². The van der Waals surface area contributed by atoms with E-state index >= 15 is 0 Å². The Hall–Kier alpha value is -2.66. The Balaban J connectivity index is 1.76. The number of nitrogens with zero attached hydrogens (tertiary/aromatic N) is 2. The van der Waals surface area contributed by atoms with Crippen LogP contribution in [0.15, 0.2) is 42.5 Å². The average molecular weight is 320 g/mol. The molecule has 5 heteroatoms. The summed E-state index contributed by atoms with van der Waals surface area (Å²) in [5, 5.41) is 10.1. The highest BCUT2D eigenvalue weighted by molar-refractivity contribution is 5.96. The molecule has 24 heavy (non-hydrogen) atoms. The number of fused-ring (bicyclic) bond motifs is 2. The van der Waals surface area contributed by atoms with E-state index in [-0.39, 0.29) is 5.91 Å². The van der Waals surface area contributed by atoms with Gasteiger partial charge in [0.15, 0.2) is 0 Å². The zero-order chi connectivity index (χ0) is 16.5. The molecule has 1 aliphatic rings. The number of hydrogen-bond donors (Lipinski definition) is 2. The van der Waals surface area contributed by atoms with Crippen molar-refractivity contribution in [3.8, 4) is 11.3 Å². The van der Waals surface area contributed by atoms with Gasteiger partial charge in [-0.05, 0) is 10.8 Å². The van der Waals surface area contributed by atoms with Crippen LogP contribution in [0, 0.1) is 0 Å². The summed E-state index contributed by atoms with van der Waals surface area (Å²) in [7, 11) is 0. The van der Waals surface area contributed by atoms with Crippen molar-refractivity contribution in [3.05, 3.63) is 53.7 Å². The summed E-state index contributed by atoms with van der Waals surface area (Å²) in [6.45, 7) is 1.72. The highest BCUT2D eigenvalue weighted by atomic mass is 16.2. The third-order valence-corrected chi connectivity index (χ3v) is 4.69. The molecule has 0 saturated heterocycles. The van der Waals surface area contributed by atoms with E-state index in [2.05, 4.69) is 40.5 Å². The average Bonchev–Trinajstić information content (AvgIpc) is 3.04. The molecule has 1 amide bonds. The Morgan fingerprint density at radius 3 is 2.92 bits per heavy atom. The van der Waals surface area contributed by atoms with Gasteiger partial charge < -0.3 is 10.6 Å². The van der Waals surface area contributed by atoms with Crippen LogP contribution in [-0.2, 0) is 17.8 Å². The molecule has 4 rings (SSSR count). The molecular weight excluding hydrogens is 300 g/mol. The molecule has 0 unspecified atom stereocenters. The van der Waals surface area contributed by atoms with Crippen LogP contribution in [0.25, 0.3) is 22.0 Å². The number of nitrogens with one attached hydrogen (secondary N) is 1. The molecule has 2 heterocycles. The van der Waals surface area contributed by atoms with Gasteiger partial charge in [0.05, 0.1) is 5.69 Å². The van der Waals surface area contributed by atoms with E-state index in [9.17, 15) is 4.79 Å². The summed E-state index contributed by atoms with van der Waals surface area (Å²) in [5.41, 5.74) is 9.85. The van der Waals surface area contributed by atoms with Gasteiger partial charge in [0.25, 0.3) is 0 Å². The third kappa shape index (κ3) is 2.47. The lowest BCUT2D eigenvalue weighted by molar-refractivity contribution is -0.131. The largest absolute Gasteiger partial charge is 0.338 e. The van der Waals surface area contributed by atoms with Crippen LogP contribution in [0.2, 0.25) is 0 Å². The van der Waals surface area contributed by atoms with Gasteiger partial charge in [0.1, 0.15) is 0 Å².